The summed E-state index contributed by atoms with van der Waals surface area (Å²) in [7, 11) is 0. The Hall–Kier alpha value is -3.42. The molecule has 1 atom stereocenters. The fraction of sp³-hybridized carbons (Fsp3) is 0.208. The Balaban J connectivity index is 1.55. The van der Waals surface area contributed by atoms with Crippen LogP contribution in [0.2, 0.25) is 5.02 Å². The van der Waals surface area contributed by atoms with E-state index in [0.29, 0.717) is 27.6 Å². The number of nitrogens with one attached hydrogen (secondary N) is 1. The Kier molecular flexibility index (Phi) is 4.87. The average molecular weight is 448 g/mol. The van der Waals surface area contributed by atoms with Crippen LogP contribution in [-0.2, 0) is 0 Å². The topological polar surface area (TPSA) is 88.7 Å². The lowest BCUT2D eigenvalue weighted by Gasteiger charge is -2.15. The van der Waals surface area contributed by atoms with Crippen molar-refractivity contribution >= 4 is 33.5 Å². The number of fused-ring (bicyclic) bond motifs is 2. The van der Waals surface area contributed by atoms with E-state index in [2.05, 4.69) is 15.0 Å². The second-order valence-corrected chi connectivity index (χ2v) is 8.59. The summed E-state index contributed by atoms with van der Waals surface area (Å²) in [5.74, 6) is 0.478. The van der Waals surface area contributed by atoms with Crippen LogP contribution >= 0.6 is 11.6 Å². The average Bonchev–Trinajstić information content (AvgIpc) is 3.38. The number of hydrogen-bond acceptors (Lipinski definition) is 4. The largest absolute Gasteiger partial charge is 0.384 e. The minimum absolute atomic E-state index is 0.204. The zero-order valence-corrected chi connectivity index (χ0v) is 18.6. The summed E-state index contributed by atoms with van der Waals surface area (Å²) in [6.45, 7) is 5.91. The highest BCUT2D eigenvalue weighted by atomic mass is 35.5. The predicted molar refractivity (Wildman–Crippen MR) is 126 cm³/mol. The molecule has 0 aliphatic heterocycles. The van der Waals surface area contributed by atoms with Gasteiger partial charge in [-0.25, -0.2) is 9.97 Å². The summed E-state index contributed by atoms with van der Waals surface area (Å²) in [4.78, 5) is 25.1. The molecule has 7 nitrogen and oxygen atoms in total. The molecule has 32 heavy (non-hydrogen) atoms. The highest BCUT2D eigenvalue weighted by molar-refractivity contribution is 6.31. The summed E-state index contributed by atoms with van der Waals surface area (Å²) >= 11 is 6.15. The maximum absolute atomic E-state index is 13.0. The third-order valence-electron chi connectivity index (χ3n) is 5.82. The summed E-state index contributed by atoms with van der Waals surface area (Å²) in [6.07, 6.45) is 4.30. The molecule has 1 aromatic carbocycles. The summed E-state index contributed by atoms with van der Waals surface area (Å²) in [6, 6.07) is 11.1. The van der Waals surface area contributed by atoms with Crippen LogP contribution in [0.5, 0.6) is 0 Å². The molecular formula is C24H22ClN5O2. The second-order valence-electron chi connectivity index (χ2n) is 8.15. The molecule has 0 fully saturated rings. The molecule has 2 N–H and O–H groups in total. The number of aromatic nitrogens is 5. The van der Waals surface area contributed by atoms with Crippen molar-refractivity contribution in [3.63, 3.8) is 0 Å². The first-order chi connectivity index (χ1) is 15.3. The second kappa shape index (κ2) is 7.62. The van der Waals surface area contributed by atoms with E-state index in [1.165, 1.54) is 4.57 Å². The van der Waals surface area contributed by atoms with Crippen LogP contribution in [0.4, 0.5) is 0 Å². The Morgan fingerprint density at radius 1 is 1.12 bits per heavy atom. The Morgan fingerprint density at radius 2 is 1.94 bits per heavy atom. The molecule has 5 aromatic rings. The summed E-state index contributed by atoms with van der Waals surface area (Å²) in [5.41, 5.74) is 3.88. The molecule has 0 radical (unpaired) electrons. The van der Waals surface area contributed by atoms with Crippen LogP contribution in [-0.4, -0.2) is 29.2 Å². The van der Waals surface area contributed by atoms with Crippen molar-refractivity contribution in [2.24, 2.45) is 0 Å². The van der Waals surface area contributed by atoms with E-state index in [0.717, 1.165) is 22.0 Å². The predicted octanol–water partition coefficient (Wildman–Crippen LogP) is 4.69. The van der Waals surface area contributed by atoms with E-state index in [-0.39, 0.29) is 11.6 Å². The molecule has 0 amide bonds. The van der Waals surface area contributed by atoms with Gasteiger partial charge in [-0.1, -0.05) is 17.7 Å². The molecule has 0 spiro atoms. The van der Waals surface area contributed by atoms with Crippen molar-refractivity contribution < 1.29 is 5.11 Å². The van der Waals surface area contributed by atoms with E-state index >= 15 is 0 Å². The van der Waals surface area contributed by atoms with Gasteiger partial charge in [0.15, 0.2) is 5.52 Å². The number of aromatic amines is 1. The van der Waals surface area contributed by atoms with Gasteiger partial charge in [0.1, 0.15) is 11.9 Å². The van der Waals surface area contributed by atoms with E-state index in [1.807, 2.05) is 43.5 Å². The molecule has 0 aliphatic carbocycles. The first-order valence-electron chi connectivity index (χ1n) is 10.4. The number of imidazole rings is 1. The summed E-state index contributed by atoms with van der Waals surface area (Å²) < 4.78 is 3.45. The van der Waals surface area contributed by atoms with Crippen molar-refractivity contribution in [3.05, 3.63) is 87.3 Å². The lowest BCUT2D eigenvalue weighted by atomic mass is 10.00. The van der Waals surface area contributed by atoms with Crippen LogP contribution in [0.25, 0.3) is 27.8 Å². The van der Waals surface area contributed by atoms with Crippen LogP contribution < -0.4 is 5.56 Å². The van der Waals surface area contributed by atoms with E-state index < -0.39 is 6.10 Å². The molecule has 0 saturated carbocycles. The van der Waals surface area contributed by atoms with Gasteiger partial charge in [-0.15, -0.1) is 0 Å². The zero-order valence-electron chi connectivity index (χ0n) is 17.9. The van der Waals surface area contributed by atoms with Crippen molar-refractivity contribution in [2.45, 2.75) is 32.9 Å². The number of halogens is 1. The minimum Gasteiger partial charge on any atom is -0.384 e. The number of hydrogen-bond donors (Lipinski definition) is 2. The SMILES string of the molecule is Cc1nc(-n2ccc3c(ncn3C(C)C)c2=O)ccc1C(O)c1c[nH]c2ccc(Cl)cc12. The highest BCUT2D eigenvalue weighted by Crippen LogP contribution is 2.32. The highest BCUT2D eigenvalue weighted by Gasteiger charge is 2.19. The van der Waals surface area contributed by atoms with Crippen LogP contribution in [0.15, 0.2) is 59.9 Å². The molecule has 4 aromatic heterocycles. The van der Waals surface area contributed by atoms with Gasteiger partial charge in [0, 0.05) is 51.2 Å². The van der Waals surface area contributed by atoms with Crippen LogP contribution in [0, 0.1) is 6.92 Å². The van der Waals surface area contributed by atoms with Crippen molar-refractivity contribution in [1.82, 2.24) is 24.1 Å². The molecule has 0 saturated heterocycles. The van der Waals surface area contributed by atoms with Crippen LogP contribution in [0.1, 0.15) is 42.8 Å². The number of aryl methyl sites for hydroxylation is 1. The normalized spacial score (nSPS) is 12.8. The zero-order chi connectivity index (χ0) is 22.6. The maximum atomic E-state index is 13.0. The van der Waals surface area contributed by atoms with Crippen molar-refractivity contribution in [2.75, 3.05) is 0 Å². The number of benzene rings is 1. The fourth-order valence-electron chi connectivity index (χ4n) is 4.11. The third-order valence-corrected chi connectivity index (χ3v) is 6.05. The number of aliphatic hydroxyl groups excluding tert-OH is 1. The molecular weight excluding hydrogens is 426 g/mol. The monoisotopic (exact) mass is 447 g/mol. The first-order valence-corrected chi connectivity index (χ1v) is 10.7. The molecule has 4 heterocycles. The van der Waals surface area contributed by atoms with Crippen LogP contribution in [0.3, 0.4) is 0 Å². The number of pyridine rings is 2. The van der Waals surface area contributed by atoms with Gasteiger partial charge in [0.25, 0.3) is 5.56 Å². The maximum Gasteiger partial charge on any atom is 0.284 e. The van der Waals surface area contributed by atoms with E-state index in [4.69, 9.17) is 11.6 Å². The smallest absolute Gasteiger partial charge is 0.284 e. The van der Waals surface area contributed by atoms with Gasteiger partial charge in [0.2, 0.25) is 0 Å². The number of nitrogens with zero attached hydrogens (tertiary/aromatic N) is 4. The van der Waals surface area contributed by atoms with Gasteiger partial charge >= 0.3 is 0 Å². The van der Waals surface area contributed by atoms with E-state index in [1.54, 1.807) is 36.9 Å². The number of aliphatic hydroxyl groups is 1. The number of rotatable bonds is 4. The van der Waals surface area contributed by atoms with Gasteiger partial charge in [-0.05, 0) is 51.1 Å². The lowest BCUT2D eigenvalue weighted by Crippen LogP contribution is -2.20. The van der Waals surface area contributed by atoms with Crippen molar-refractivity contribution in [1.29, 1.82) is 0 Å². The lowest BCUT2D eigenvalue weighted by molar-refractivity contribution is 0.220. The Morgan fingerprint density at radius 3 is 2.69 bits per heavy atom. The molecule has 1 unspecified atom stereocenters. The molecule has 0 aliphatic rings. The molecule has 0 bridgehead atoms. The van der Waals surface area contributed by atoms with Gasteiger partial charge in [0.05, 0.1) is 11.8 Å². The molecule has 162 valence electrons. The quantitative estimate of drug-likeness (QED) is 0.418. The van der Waals surface area contributed by atoms with Gasteiger partial charge < -0.3 is 14.7 Å². The molecule has 8 heteroatoms. The van der Waals surface area contributed by atoms with Gasteiger partial charge in [-0.2, -0.15) is 0 Å². The van der Waals surface area contributed by atoms with E-state index in [9.17, 15) is 9.90 Å². The number of H-pyrrole nitrogens is 1. The van der Waals surface area contributed by atoms with Crippen molar-refractivity contribution in [3.8, 4) is 5.82 Å². The standard InChI is InChI=1S/C24H22ClN5O2/c1-13(2)30-12-27-22-20(30)8-9-29(24(22)32)21-7-5-16(14(3)28-21)23(31)18-11-26-19-6-4-15(25)10-17(18)19/h4-13,23,26,31H,1-3H3. The third kappa shape index (κ3) is 3.21. The first kappa shape index (κ1) is 20.5. The Bertz CT molecular complexity index is 1530. The van der Waals surface area contributed by atoms with Gasteiger partial charge in [-0.3, -0.25) is 9.36 Å². The minimum atomic E-state index is -0.885. The molecule has 5 rings (SSSR count). The summed E-state index contributed by atoms with van der Waals surface area (Å²) in [5, 5.41) is 12.5. The Labute approximate surface area is 188 Å². The fourth-order valence-corrected chi connectivity index (χ4v) is 4.28.